The van der Waals surface area contributed by atoms with Crippen molar-refractivity contribution in [1.29, 1.82) is 0 Å². The van der Waals surface area contributed by atoms with Gasteiger partial charge in [-0.3, -0.25) is 10.1 Å². The predicted molar refractivity (Wildman–Crippen MR) is 75.4 cm³/mol. The molecule has 0 bridgehead atoms. The molecular weight excluding hydrogens is 242 g/mol. The van der Waals surface area contributed by atoms with Gasteiger partial charge < -0.3 is 5.32 Å². The molecule has 0 saturated heterocycles. The van der Waals surface area contributed by atoms with E-state index in [1.54, 1.807) is 19.2 Å². The molecule has 5 heteroatoms. The van der Waals surface area contributed by atoms with Crippen LogP contribution in [0, 0.1) is 17.0 Å². The number of hydrogen-bond acceptors (Lipinski definition) is 4. The van der Waals surface area contributed by atoms with Crippen LogP contribution in [0.4, 0.5) is 11.5 Å². The summed E-state index contributed by atoms with van der Waals surface area (Å²) in [6.07, 6.45) is 10.2. The summed E-state index contributed by atoms with van der Waals surface area (Å²) in [6, 6.07) is 1.95. The van der Waals surface area contributed by atoms with Crippen LogP contribution >= 0.6 is 0 Å². The van der Waals surface area contributed by atoms with Crippen LogP contribution in [-0.4, -0.2) is 15.9 Å². The van der Waals surface area contributed by atoms with Crippen LogP contribution in [0.25, 0.3) is 0 Å². The topological polar surface area (TPSA) is 68.1 Å². The maximum Gasteiger partial charge on any atom is 0.277 e. The van der Waals surface area contributed by atoms with E-state index in [0.29, 0.717) is 17.4 Å². The molecule has 0 amide bonds. The van der Waals surface area contributed by atoms with Crippen LogP contribution in [-0.2, 0) is 0 Å². The van der Waals surface area contributed by atoms with E-state index in [4.69, 9.17) is 0 Å². The molecule has 104 valence electrons. The molecule has 1 aromatic heterocycles. The lowest BCUT2D eigenvalue weighted by Gasteiger charge is -2.21. The Bertz CT molecular complexity index is 440. The molecule has 5 nitrogen and oxygen atoms in total. The number of pyridine rings is 1. The average molecular weight is 263 g/mol. The standard InChI is InChI=1S/C14H21N3O2/c1-11-10-15-14(9-13(11)17(18)19)16-12-7-5-3-2-4-6-8-12/h9-10,12H,2-8H2,1H3,(H,15,16). The molecule has 0 aliphatic heterocycles. The normalized spacial score (nSPS) is 17.5. The van der Waals surface area contributed by atoms with E-state index in [2.05, 4.69) is 10.3 Å². The summed E-state index contributed by atoms with van der Waals surface area (Å²) in [6.45, 7) is 1.71. The van der Waals surface area contributed by atoms with Gasteiger partial charge in [-0.25, -0.2) is 4.98 Å². The van der Waals surface area contributed by atoms with Gasteiger partial charge in [-0.2, -0.15) is 0 Å². The van der Waals surface area contributed by atoms with Gasteiger partial charge in [-0.15, -0.1) is 0 Å². The SMILES string of the molecule is Cc1cnc(NC2CCCCCCC2)cc1[N+](=O)[O-]. The Kier molecular flexibility index (Phi) is 4.71. The first kappa shape index (κ1) is 13.8. The van der Waals surface area contributed by atoms with Crippen molar-refractivity contribution in [3.63, 3.8) is 0 Å². The molecule has 0 aromatic carbocycles. The fourth-order valence-electron chi connectivity index (χ4n) is 2.60. The van der Waals surface area contributed by atoms with Crippen LogP contribution < -0.4 is 5.32 Å². The number of aromatic nitrogens is 1. The summed E-state index contributed by atoms with van der Waals surface area (Å²) >= 11 is 0. The third kappa shape index (κ3) is 3.91. The molecule has 0 spiro atoms. The van der Waals surface area contributed by atoms with Gasteiger partial charge in [0.05, 0.1) is 11.0 Å². The number of anilines is 1. The lowest BCUT2D eigenvalue weighted by Crippen LogP contribution is -2.21. The fourth-order valence-corrected chi connectivity index (χ4v) is 2.60. The number of rotatable bonds is 3. The zero-order chi connectivity index (χ0) is 13.7. The summed E-state index contributed by atoms with van der Waals surface area (Å²) in [5, 5.41) is 14.3. The first-order chi connectivity index (χ1) is 9.16. The highest BCUT2D eigenvalue weighted by Crippen LogP contribution is 2.23. The van der Waals surface area contributed by atoms with Gasteiger partial charge in [0.25, 0.3) is 5.69 Å². The summed E-state index contributed by atoms with van der Waals surface area (Å²) < 4.78 is 0. The van der Waals surface area contributed by atoms with Crippen LogP contribution in [0.3, 0.4) is 0 Å². The van der Waals surface area contributed by atoms with Gasteiger partial charge in [-0.1, -0.05) is 32.1 Å². The molecule has 0 unspecified atom stereocenters. The first-order valence-corrected chi connectivity index (χ1v) is 7.04. The second-order valence-electron chi connectivity index (χ2n) is 5.30. The summed E-state index contributed by atoms with van der Waals surface area (Å²) in [7, 11) is 0. The fraction of sp³-hybridized carbons (Fsp3) is 0.643. The molecule has 2 rings (SSSR count). The summed E-state index contributed by atoms with van der Waals surface area (Å²) in [5.74, 6) is 0.628. The molecule has 1 fully saturated rings. The van der Waals surface area contributed by atoms with Crippen molar-refractivity contribution in [2.45, 2.75) is 57.9 Å². The third-order valence-corrected chi connectivity index (χ3v) is 3.73. The van der Waals surface area contributed by atoms with Crippen molar-refractivity contribution in [2.24, 2.45) is 0 Å². The van der Waals surface area contributed by atoms with Crippen LogP contribution in [0.5, 0.6) is 0 Å². The minimum Gasteiger partial charge on any atom is -0.367 e. The highest BCUT2D eigenvalue weighted by Gasteiger charge is 2.15. The lowest BCUT2D eigenvalue weighted by molar-refractivity contribution is -0.385. The van der Waals surface area contributed by atoms with Gasteiger partial charge in [0.1, 0.15) is 5.82 Å². The van der Waals surface area contributed by atoms with Gasteiger partial charge in [0.15, 0.2) is 0 Å². The molecular formula is C14H21N3O2. The number of hydrogen-bond donors (Lipinski definition) is 1. The minimum absolute atomic E-state index is 0.142. The van der Waals surface area contributed by atoms with E-state index in [0.717, 1.165) is 12.8 Å². The van der Waals surface area contributed by atoms with E-state index in [9.17, 15) is 10.1 Å². The zero-order valence-electron chi connectivity index (χ0n) is 11.4. The van der Waals surface area contributed by atoms with E-state index in [1.165, 1.54) is 32.1 Å². The quantitative estimate of drug-likeness (QED) is 0.665. The molecule has 1 saturated carbocycles. The van der Waals surface area contributed by atoms with E-state index < -0.39 is 0 Å². The van der Waals surface area contributed by atoms with E-state index in [1.807, 2.05) is 0 Å². The van der Waals surface area contributed by atoms with Crippen LogP contribution in [0.15, 0.2) is 12.3 Å². The first-order valence-electron chi connectivity index (χ1n) is 7.04. The lowest BCUT2D eigenvalue weighted by atomic mass is 9.97. The Morgan fingerprint density at radius 2 is 1.89 bits per heavy atom. The summed E-state index contributed by atoms with van der Waals surface area (Å²) in [4.78, 5) is 14.8. The number of nitrogens with zero attached hydrogens (tertiary/aromatic N) is 2. The number of aryl methyl sites for hydroxylation is 1. The van der Waals surface area contributed by atoms with Crippen LogP contribution in [0.1, 0.15) is 50.5 Å². The van der Waals surface area contributed by atoms with E-state index in [-0.39, 0.29) is 10.6 Å². The van der Waals surface area contributed by atoms with Crippen molar-refractivity contribution in [3.8, 4) is 0 Å². The number of nitro groups is 1. The van der Waals surface area contributed by atoms with E-state index >= 15 is 0 Å². The van der Waals surface area contributed by atoms with Gasteiger partial charge in [0.2, 0.25) is 0 Å². The molecule has 19 heavy (non-hydrogen) atoms. The van der Waals surface area contributed by atoms with Gasteiger partial charge >= 0.3 is 0 Å². The van der Waals surface area contributed by atoms with Crippen molar-refractivity contribution in [1.82, 2.24) is 4.98 Å². The second-order valence-corrected chi connectivity index (χ2v) is 5.30. The number of nitrogens with one attached hydrogen (secondary N) is 1. The molecule has 1 N–H and O–H groups in total. The Labute approximate surface area is 113 Å². The molecule has 1 aliphatic rings. The Morgan fingerprint density at radius 1 is 1.26 bits per heavy atom. The second kappa shape index (κ2) is 6.50. The molecule has 1 heterocycles. The van der Waals surface area contributed by atoms with Crippen molar-refractivity contribution >= 4 is 11.5 Å². The smallest absolute Gasteiger partial charge is 0.277 e. The zero-order valence-corrected chi connectivity index (χ0v) is 11.4. The van der Waals surface area contributed by atoms with Crippen molar-refractivity contribution in [3.05, 3.63) is 27.9 Å². The Balaban J connectivity index is 2.05. The summed E-state index contributed by atoms with van der Waals surface area (Å²) in [5.41, 5.74) is 0.747. The molecule has 1 aromatic rings. The third-order valence-electron chi connectivity index (χ3n) is 3.73. The molecule has 0 radical (unpaired) electrons. The molecule has 1 aliphatic carbocycles. The predicted octanol–water partition coefficient (Wildman–Crippen LogP) is 3.82. The Morgan fingerprint density at radius 3 is 2.53 bits per heavy atom. The minimum atomic E-state index is -0.347. The highest BCUT2D eigenvalue weighted by atomic mass is 16.6. The maximum absolute atomic E-state index is 10.9. The van der Waals surface area contributed by atoms with Crippen LogP contribution in [0.2, 0.25) is 0 Å². The molecule has 0 atom stereocenters. The monoisotopic (exact) mass is 263 g/mol. The van der Waals surface area contributed by atoms with Crippen molar-refractivity contribution < 1.29 is 4.92 Å². The largest absolute Gasteiger partial charge is 0.367 e. The van der Waals surface area contributed by atoms with Crippen molar-refractivity contribution in [2.75, 3.05) is 5.32 Å². The van der Waals surface area contributed by atoms with Gasteiger partial charge in [-0.05, 0) is 19.8 Å². The highest BCUT2D eigenvalue weighted by molar-refractivity contribution is 5.49. The maximum atomic E-state index is 10.9. The van der Waals surface area contributed by atoms with Gasteiger partial charge in [0, 0.05) is 17.8 Å². The average Bonchev–Trinajstić information content (AvgIpc) is 2.34. The Hall–Kier alpha value is -1.65.